The molecule has 0 fully saturated rings. The van der Waals surface area contributed by atoms with E-state index in [0.29, 0.717) is 0 Å². The minimum Gasteiger partial charge on any atom is -0.465 e. The summed E-state index contributed by atoms with van der Waals surface area (Å²) in [5, 5.41) is 2.63. The topological polar surface area (TPSA) is 89.9 Å². The molecule has 1 atom stereocenters. The monoisotopic (exact) mass is 251 g/mol. The predicted molar refractivity (Wildman–Crippen MR) is 59.8 cm³/mol. The Balaban J connectivity index is 4.90. The molecule has 0 aliphatic rings. The summed E-state index contributed by atoms with van der Waals surface area (Å²) in [6.07, 6.45) is 1.26. The number of ether oxygens (including phenoxy) is 1. The zero-order valence-corrected chi connectivity index (χ0v) is 10.5. The van der Waals surface area contributed by atoms with Gasteiger partial charge in [0.2, 0.25) is 0 Å². The van der Waals surface area contributed by atoms with Gasteiger partial charge in [-0.25, -0.2) is 8.42 Å². The molecule has 0 saturated carbocycles. The van der Waals surface area contributed by atoms with Crippen LogP contribution in [0.15, 0.2) is 5.18 Å². The van der Waals surface area contributed by atoms with Crippen LogP contribution in [-0.2, 0) is 19.4 Å². The van der Waals surface area contributed by atoms with Crippen molar-refractivity contribution in [2.45, 2.75) is 31.4 Å². The van der Waals surface area contributed by atoms with E-state index in [9.17, 15) is 18.1 Å². The van der Waals surface area contributed by atoms with Gasteiger partial charge in [0, 0.05) is 6.26 Å². The smallest absolute Gasteiger partial charge is 0.327 e. The van der Waals surface area contributed by atoms with Gasteiger partial charge in [-0.2, -0.15) is 4.91 Å². The number of hydrogen-bond donors (Lipinski definition) is 0. The molecule has 0 radical (unpaired) electrons. The van der Waals surface area contributed by atoms with Gasteiger partial charge in [0.05, 0.1) is 13.2 Å². The van der Waals surface area contributed by atoms with Crippen molar-refractivity contribution in [3.63, 3.8) is 0 Å². The van der Waals surface area contributed by atoms with Crippen molar-refractivity contribution in [3.8, 4) is 0 Å². The van der Waals surface area contributed by atoms with Crippen LogP contribution in [0.1, 0.15) is 26.7 Å². The molecule has 0 heterocycles. The van der Waals surface area contributed by atoms with Crippen molar-refractivity contribution in [2.75, 3.05) is 19.4 Å². The largest absolute Gasteiger partial charge is 0.465 e. The minimum absolute atomic E-state index is 0.00941. The van der Waals surface area contributed by atoms with E-state index in [1.807, 2.05) is 0 Å². The number of nitrogens with zero attached hydrogens (tertiary/aromatic N) is 1. The van der Waals surface area contributed by atoms with Crippen molar-refractivity contribution in [3.05, 3.63) is 4.91 Å². The van der Waals surface area contributed by atoms with Gasteiger partial charge in [0.25, 0.3) is 0 Å². The highest BCUT2D eigenvalue weighted by Crippen LogP contribution is 2.24. The fraction of sp³-hybridized carbons (Fsp3) is 0.889. The Morgan fingerprint density at radius 1 is 1.44 bits per heavy atom. The van der Waals surface area contributed by atoms with Crippen LogP contribution in [0, 0.1) is 4.91 Å². The third-order valence-electron chi connectivity index (χ3n) is 2.43. The Kier molecular flexibility index (Phi) is 5.57. The highest BCUT2D eigenvalue weighted by atomic mass is 32.2. The second kappa shape index (κ2) is 5.93. The molecule has 0 amide bonds. The SMILES string of the molecule is CCOC(=O)[C@@](C)(CCCN=O)S(C)(=O)=O. The lowest BCUT2D eigenvalue weighted by Crippen LogP contribution is -2.44. The molecular weight excluding hydrogens is 234 g/mol. The molecule has 0 unspecified atom stereocenters. The van der Waals surface area contributed by atoms with Crippen molar-refractivity contribution in [1.82, 2.24) is 0 Å². The Hall–Kier alpha value is -0.980. The first-order valence-corrected chi connectivity index (χ1v) is 6.84. The van der Waals surface area contributed by atoms with E-state index in [1.54, 1.807) is 6.92 Å². The van der Waals surface area contributed by atoms with Crippen LogP contribution >= 0.6 is 0 Å². The summed E-state index contributed by atoms with van der Waals surface area (Å²) in [5.41, 5.74) is 0. The van der Waals surface area contributed by atoms with E-state index in [0.717, 1.165) is 6.26 Å². The first kappa shape index (κ1) is 15.0. The van der Waals surface area contributed by atoms with E-state index in [1.165, 1.54) is 6.92 Å². The van der Waals surface area contributed by atoms with Gasteiger partial charge in [0.15, 0.2) is 14.6 Å². The lowest BCUT2D eigenvalue weighted by Gasteiger charge is -2.24. The van der Waals surface area contributed by atoms with Crippen molar-refractivity contribution in [2.24, 2.45) is 5.18 Å². The van der Waals surface area contributed by atoms with Crippen LogP contribution < -0.4 is 0 Å². The third kappa shape index (κ3) is 3.55. The number of nitroso groups, excluding NO2 is 1. The minimum atomic E-state index is -3.58. The molecule has 6 nitrogen and oxygen atoms in total. The Morgan fingerprint density at radius 2 is 2.00 bits per heavy atom. The molecule has 94 valence electrons. The molecule has 0 spiro atoms. The van der Waals surface area contributed by atoms with Crippen LogP contribution in [-0.4, -0.2) is 38.5 Å². The second-order valence-corrected chi connectivity index (χ2v) is 6.13. The van der Waals surface area contributed by atoms with Crippen LogP contribution in [0.25, 0.3) is 0 Å². The van der Waals surface area contributed by atoms with Crippen LogP contribution in [0.3, 0.4) is 0 Å². The zero-order chi connectivity index (χ0) is 12.8. The number of esters is 1. The van der Waals surface area contributed by atoms with E-state index < -0.39 is 20.6 Å². The Morgan fingerprint density at radius 3 is 2.38 bits per heavy atom. The van der Waals surface area contributed by atoms with Gasteiger partial charge in [-0.1, -0.05) is 5.18 Å². The summed E-state index contributed by atoms with van der Waals surface area (Å²) >= 11 is 0. The van der Waals surface area contributed by atoms with Crippen LogP contribution in [0.2, 0.25) is 0 Å². The molecular formula is C9H17NO5S. The summed E-state index contributed by atoms with van der Waals surface area (Å²) < 4.78 is 26.3. The lowest BCUT2D eigenvalue weighted by atomic mass is 10.1. The summed E-state index contributed by atoms with van der Waals surface area (Å²) in [4.78, 5) is 21.5. The fourth-order valence-corrected chi connectivity index (χ4v) is 2.08. The van der Waals surface area contributed by atoms with Crippen LogP contribution in [0.4, 0.5) is 0 Å². The predicted octanol–water partition coefficient (Wildman–Crippen LogP) is 0.899. The van der Waals surface area contributed by atoms with E-state index in [-0.39, 0.29) is 26.0 Å². The molecule has 0 aromatic carbocycles. The lowest BCUT2D eigenvalue weighted by molar-refractivity contribution is -0.146. The summed E-state index contributed by atoms with van der Waals surface area (Å²) in [7, 11) is -3.58. The first-order valence-electron chi connectivity index (χ1n) is 4.95. The van der Waals surface area contributed by atoms with Gasteiger partial charge in [-0.05, 0) is 26.7 Å². The van der Waals surface area contributed by atoms with Gasteiger partial charge in [-0.15, -0.1) is 0 Å². The fourth-order valence-electron chi connectivity index (χ4n) is 1.20. The number of rotatable bonds is 7. The van der Waals surface area contributed by atoms with Crippen molar-refractivity contribution < 1.29 is 17.9 Å². The molecule has 0 aromatic rings. The molecule has 16 heavy (non-hydrogen) atoms. The number of sulfone groups is 1. The standard InChI is InChI=1S/C9H17NO5S/c1-4-15-8(11)9(2,16(3,13)14)6-5-7-10-12/h4-7H2,1-3H3/t9-/m1/s1. The summed E-state index contributed by atoms with van der Waals surface area (Å²) in [5.74, 6) is -0.775. The van der Waals surface area contributed by atoms with Crippen LogP contribution in [0.5, 0.6) is 0 Å². The number of carbonyl (C=O) groups is 1. The zero-order valence-electron chi connectivity index (χ0n) is 9.73. The normalized spacial score (nSPS) is 15.2. The maximum absolute atomic E-state index is 11.6. The molecule has 0 bridgehead atoms. The molecule has 0 aliphatic heterocycles. The van der Waals surface area contributed by atoms with Gasteiger partial charge >= 0.3 is 5.97 Å². The van der Waals surface area contributed by atoms with E-state index in [4.69, 9.17) is 4.74 Å². The molecule has 0 saturated heterocycles. The van der Waals surface area contributed by atoms with E-state index >= 15 is 0 Å². The maximum Gasteiger partial charge on any atom is 0.327 e. The molecule has 0 aromatic heterocycles. The Bertz CT molecular complexity index is 351. The maximum atomic E-state index is 11.6. The summed E-state index contributed by atoms with van der Waals surface area (Å²) in [6, 6.07) is 0. The summed E-state index contributed by atoms with van der Waals surface area (Å²) in [6.45, 7) is 3.03. The third-order valence-corrected chi connectivity index (χ3v) is 4.44. The molecule has 0 N–H and O–H groups in total. The van der Waals surface area contributed by atoms with E-state index in [2.05, 4.69) is 5.18 Å². The second-order valence-electron chi connectivity index (χ2n) is 3.68. The molecule has 0 rings (SSSR count). The molecule has 0 aliphatic carbocycles. The molecule has 7 heteroatoms. The highest BCUT2D eigenvalue weighted by molar-refractivity contribution is 7.92. The number of carbonyl (C=O) groups excluding carboxylic acids is 1. The van der Waals surface area contributed by atoms with Gasteiger partial charge in [-0.3, -0.25) is 4.79 Å². The average Bonchev–Trinajstić information content (AvgIpc) is 2.16. The highest BCUT2D eigenvalue weighted by Gasteiger charge is 2.44. The van der Waals surface area contributed by atoms with Gasteiger partial charge in [0.1, 0.15) is 0 Å². The van der Waals surface area contributed by atoms with Crippen molar-refractivity contribution in [1.29, 1.82) is 0 Å². The average molecular weight is 251 g/mol. The quantitative estimate of drug-likeness (QED) is 0.381. The van der Waals surface area contributed by atoms with Crippen molar-refractivity contribution >= 4 is 15.8 Å². The van der Waals surface area contributed by atoms with Gasteiger partial charge < -0.3 is 4.74 Å². The first-order chi connectivity index (χ1) is 7.29. The Labute approximate surface area is 95.3 Å². The number of hydrogen-bond acceptors (Lipinski definition) is 6.